The van der Waals surface area contributed by atoms with E-state index in [4.69, 9.17) is 20.3 Å². The molecule has 1 unspecified atom stereocenters. The van der Waals surface area contributed by atoms with Gasteiger partial charge in [0.15, 0.2) is 0 Å². The van der Waals surface area contributed by atoms with Gasteiger partial charge in [-0.05, 0) is 54.9 Å². The van der Waals surface area contributed by atoms with Gasteiger partial charge in [0.1, 0.15) is 23.0 Å². The molecule has 0 radical (unpaired) electrons. The first-order chi connectivity index (χ1) is 16.5. The molecule has 1 aromatic carbocycles. The van der Waals surface area contributed by atoms with E-state index in [0.717, 1.165) is 41.3 Å². The number of ether oxygens (including phenoxy) is 2. The Labute approximate surface area is 198 Å². The lowest BCUT2D eigenvalue weighted by molar-refractivity contribution is -0.125. The first kappa shape index (κ1) is 21.8. The number of hydrogen-bond donors (Lipinski definition) is 1. The second kappa shape index (κ2) is 8.75. The molecular weight excluding hydrogens is 430 g/mol. The summed E-state index contributed by atoms with van der Waals surface area (Å²) < 4.78 is 12.7. The molecule has 2 aliphatic rings. The highest BCUT2D eigenvalue weighted by Gasteiger charge is 2.33. The van der Waals surface area contributed by atoms with Crippen LogP contribution in [0.4, 0.5) is 5.82 Å². The molecule has 174 valence electrons. The largest absolute Gasteiger partial charge is 0.497 e. The van der Waals surface area contributed by atoms with E-state index in [1.54, 1.807) is 25.2 Å². The predicted octanol–water partition coefficient (Wildman–Crippen LogP) is 3.27. The first-order valence-corrected chi connectivity index (χ1v) is 11.4. The number of methoxy groups -OCH3 is 2. The molecule has 1 atom stereocenters. The van der Waals surface area contributed by atoms with Crippen molar-refractivity contribution in [2.45, 2.75) is 31.2 Å². The fourth-order valence-corrected chi connectivity index (χ4v) is 4.54. The number of anilines is 1. The molecule has 3 aromatic rings. The van der Waals surface area contributed by atoms with E-state index in [2.05, 4.69) is 23.4 Å². The average molecular weight is 458 g/mol. The Morgan fingerprint density at radius 3 is 2.56 bits per heavy atom. The maximum Gasteiger partial charge on any atom is 0.246 e. The van der Waals surface area contributed by atoms with Crippen molar-refractivity contribution in [3.8, 4) is 23.3 Å². The lowest BCUT2D eigenvalue weighted by Gasteiger charge is -2.16. The average Bonchev–Trinajstić information content (AvgIpc) is 3.45. The van der Waals surface area contributed by atoms with Gasteiger partial charge in [0, 0.05) is 30.9 Å². The molecule has 1 aliphatic heterocycles. The Morgan fingerprint density at radius 2 is 1.91 bits per heavy atom. The zero-order chi connectivity index (χ0) is 23.8. The molecule has 1 amide bonds. The highest BCUT2D eigenvalue weighted by atomic mass is 16.5. The maximum absolute atomic E-state index is 12.2. The van der Waals surface area contributed by atoms with E-state index in [9.17, 15) is 4.79 Å². The SMILES string of the molecule is C=CC(=O)N1CCC(n2nc(C#Cc3cc(OC)cc(OC)c3)c3c(N)ncc(C4CC4)c32)C1. The highest BCUT2D eigenvalue weighted by Crippen LogP contribution is 2.45. The Morgan fingerprint density at radius 1 is 1.18 bits per heavy atom. The third-order valence-corrected chi connectivity index (χ3v) is 6.47. The van der Waals surface area contributed by atoms with E-state index < -0.39 is 0 Å². The molecule has 2 fully saturated rings. The zero-order valence-corrected chi connectivity index (χ0v) is 19.4. The highest BCUT2D eigenvalue weighted by molar-refractivity contribution is 5.96. The molecule has 8 nitrogen and oxygen atoms in total. The minimum Gasteiger partial charge on any atom is -0.497 e. The number of carbonyl (C=O) groups excluding carboxylic acids is 1. The second-order valence-electron chi connectivity index (χ2n) is 8.67. The number of fused-ring (bicyclic) bond motifs is 1. The number of nitrogens with two attached hydrogens (primary N) is 1. The zero-order valence-electron chi connectivity index (χ0n) is 19.4. The van der Waals surface area contributed by atoms with Gasteiger partial charge >= 0.3 is 0 Å². The van der Waals surface area contributed by atoms with Crippen molar-refractivity contribution in [1.82, 2.24) is 19.7 Å². The number of rotatable bonds is 5. The van der Waals surface area contributed by atoms with Crippen LogP contribution in [0.1, 0.15) is 48.0 Å². The minimum absolute atomic E-state index is 0.0400. The van der Waals surface area contributed by atoms with E-state index in [0.29, 0.717) is 42.0 Å². The number of amides is 1. The topological polar surface area (TPSA) is 95.5 Å². The number of pyridine rings is 1. The number of nitrogens with zero attached hydrogens (tertiary/aromatic N) is 4. The predicted molar refractivity (Wildman–Crippen MR) is 130 cm³/mol. The van der Waals surface area contributed by atoms with Gasteiger partial charge in [0.05, 0.1) is 31.2 Å². The normalized spacial score (nSPS) is 17.4. The summed E-state index contributed by atoms with van der Waals surface area (Å²) in [5.41, 5.74) is 9.83. The van der Waals surface area contributed by atoms with Crippen molar-refractivity contribution in [2.75, 3.05) is 33.0 Å². The van der Waals surface area contributed by atoms with Crippen LogP contribution in [0.3, 0.4) is 0 Å². The molecule has 1 aliphatic carbocycles. The maximum atomic E-state index is 12.2. The summed E-state index contributed by atoms with van der Waals surface area (Å²) in [6.45, 7) is 4.86. The number of hydrogen-bond acceptors (Lipinski definition) is 6. The van der Waals surface area contributed by atoms with Crippen molar-refractivity contribution >= 4 is 22.6 Å². The number of likely N-dealkylation sites (tertiary alicyclic amines) is 1. The second-order valence-corrected chi connectivity index (χ2v) is 8.67. The molecule has 34 heavy (non-hydrogen) atoms. The molecule has 1 saturated carbocycles. The van der Waals surface area contributed by atoms with Crippen LogP contribution in [0.5, 0.6) is 11.5 Å². The van der Waals surface area contributed by atoms with Gasteiger partial charge < -0.3 is 20.1 Å². The third kappa shape index (κ3) is 3.94. The third-order valence-electron chi connectivity index (χ3n) is 6.47. The van der Waals surface area contributed by atoms with E-state index in [1.165, 1.54) is 6.08 Å². The van der Waals surface area contributed by atoms with Crippen LogP contribution in [0, 0.1) is 11.8 Å². The van der Waals surface area contributed by atoms with Crippen LogP contribution < -0.4 is 15.2 Å². The summed E-state index contributed by atoms with van der Waals surface area (Å²) in [7, 11) is 3.21. The standard InChI is InChI=1S/C26H27N5O3/c1-4-23(32)30-10-9-18(15-30)31-25-21(17-6-7-17)14-28-26(27)24(25)22(29-31)8-5-16-11-19(33-2)13-20(12-16)34-3/h4,11-14,17-18H,1,6-7,9-10,15H2,2-3H3,(H2,27,28). The van der Waals surface area contributed by atoms with Crippen molar-refractivity contribution in [3.63, 3.8) is 0 Å². The Kier molecular flexibility index (Phi) is 5.62. The summed E-state index contributed by atoms with van der Waals surface area (Å²) in [5.74, 6) is 8.53. The fraction of sp³-hybridized carbons (Fsp3) is 0.346. The van der Waals surface area contributed by atoms with Crippen molar-refractivity contribution < 1.29 is 14.3 Å². The van der Waals surface area contributed by atoms with Crippen molar-refractivity contribution in [1.29, 1.82) is 0 Å². The fourth-order valence-electron chi connectivity index (χ4n) is 4.54. The summed E-state index contributed by atoms with van der Waals surface area (Å²) >= 11 is 0. The van der Waals surface area contributed by atoms with Crippen LogP contribution in [0.25, 0.3) is 10.9 Å². The lowest BCUT2D eigenvalue weighted by Crippen LogP contribution is -2.27. The van der Waals surface area contributed by atoms with Crippen LogP contribution in [-0.2, 0) is 4.79 Å². The smallest absolute Gasteiger partial charge is 0.246 e. The Balaban J connectivity index is 1.62. The molecule has 8 heteroatoms. The summed E-state index contributed by atoms with van der Waals surface area (Å²) in [6, 6.07) is 5.54. The van der Waals surface area contributed by atoms with E-state index in [1.807, 2.05) is 23.0 Å². The van der Waals surface area contributed by atoms with E-state index in [-0.39, 0.29) is 11.9 Å². The Hall–Kier alpha value is -3.99. The quantitative estimate of drug-likeness (QED) is 0.467. The lowest BCUT2D eigenvalue weighted by atomic mass is 10.1. The van der Waals surface area contributed by atoms with Crippen LogP contribution >= 0.6 is 0 Å². The Bertz CT molecular complexity index is 1320. The van der Waals surface area contributed by atoms with Gasteiger partial charge in [-0.1, -0.05) is 12.5 Å². The van der Waals surface area contributed by atoms with Crippen molar-refractivity contribution in [3.05, 3.63) is 53.9 Å². The molecule has 2 aromatic heterocycles. The van der Waals surface area contributed by atoms with Crippen LogP contribution in [-0.4, -0.2) is 52.9 Å². The molecule has 2 N–H and O–H groups in total. The number of benzene rings is 1. The van der Waals surface area contributed by atoms with E-state index >= 15 is 0 Å². The molecule has 3 heterocycles. The van der Waals surface area contributed by atoms with Gasteiger partial charge in [0.25, 0.3) is 0 Å². The molecule has 0 bridgehead atoms. The van der Waals surface area contributed by atoms with Crippen LogP contribution in [0.15, 0.2) is 37.1 Å². The summed E-state index contributed by atoms with van der Waals surface area (Å²) in [4.78, 5) is 18.4. The molecule has 0 spiro atoms. The van der Waals surface area contributed by atoms with Gasteiger partial charge in [-0.25, -0.2) is 4.98 Å². The van der Waals surface area contributed by atoms with Gasteiger partial charge in [0.2, 0.25) is 5.91 Å². The first-order valence-electron chi connectivity index (χ1n) is 11.4. The van der Waals surface area contributed by atoms with Gasteiger partial charge in [-0.15, -0.1) is 0 Å². The molecular formula is C26H27N5O3. The van der Waals surface area contributed by atoms with Crippen LogP contribution in [0.2, 0.25) is 0 Å². The molecule has 1 saturated heterocycles. The summed E-state index contributed by atoms with van der Waals surface area (Å²) in [5, 5.41) is 5.70. The number of aromatic nitrogens is 3. The summed E-state index contributed by atoms with van der Waals surface area (Å²) in [6.07, 6.45) is 6.30. The number of nitrogen functional groups attached to an aromatic ring is 1. The van der Waals surface area contributed by atoms with Crippen molar-refractivity contribution in [2.24, 2.45) is 0 Å². The number of carbonyl (C=O) groups is 1. The molecule has 5 rings (SSSR count). The van der Waals surface area contributed by atoms with Gasteiger partial charge in [-0.2, -0.15) is 5.10 Å². The monoisotopic (exact) mass is 457 g/mol. The minimum atomic E-state index is -0.0606. The van der Waals surface area contributed by atoms with Gasteiger partial charge in [-0.3, -0.25) is 9.48 Å².